The molecule has 1 aromatic carbocycles. The van der Waals surface area contributed by atoms with Crippen LogP contribution >= 0.6 is 0 Å². The van der Waals surface area contributed by atoms with Gasteiger partial charge in [0.2, 0.25) is 0 Å². The predicted octanol–water partition coefficient (Wildman–Crippen LogP) is 0.979. The number of benzene rings is 1. The highest BCUT2D eigenvalue weighted by Crippen LogP contribution is 2.13. The average molecular weight is 206 g/mol. The molecule has 0 saturated carbocycles. The van der Waals surface area contributed by atoms with Gasteiger partial charge in [-0.15, -0.1) is 0 Å². The van der Waals surface area contributed by atoms with Crippen molar-refractivity contribution in [2.75, 3.05) is 0 Å². The molecule has 0 saturated heterocycles. The summed E-state index contributed by atoms with van der Waals surface area (Å²) in [5, 5.41) is 0. The second-order valence-corrected chi connectivity index (χ2v) is 2.65. The van der Waals surface area contributed by atoms with Gasteiger partial charge in [0.15, 0.2) is 0 Å². The van der Waals surface area contributed by atoms with Gasteiger partial charge in [0, 0.05) is 0 Å². The molecule has 2 nitrogen and oxygen atoms in total. The molecule has 0 aliphatic carbocycles. The Balaban J connectivity index is 3.35. The van der Waals surface area contributed by atoms with Gasteiger partial charge in [0.1, 0.15) is 5.82 Å². The maximum atomic E-state index is 13.0. The molecule has 76 valence electrons. The Hall–Kier alpha value is -1.53. The Kier molecular flexibility index (Phi) is 2.50. The van der Waals surface area contributed by atoms with Crippen LogP contribution in [0, 0.1) is 5.82 Å². The predicted molar refractivity (Wildman–Crippen MR) is 43.6 cm³/mol. The summed E-state index contributed by atoms with van der Waals surface area (Å²) < 4.78 is 49.5. The zero-order valence-electron chi connectivity index (χ0n) is 6.81. The Morgan fingerprint density at radius 1 is 1.29 bits per heavy atom. The van der Waals surface area contributed by atoms with Gasteiger partial charge in [0.05, 0.1) is 5.56 Å². The van der Waals surface area contributed by atoms with E-state index in [2.05, 4.69) is 5.73 Å². The van der Waals surface area contributed by atoms with Crippen LogP contribution in [-0.2, 0) is 0 Å². The minimum atomic E-state index is -5.46. The van der Waals surface area contributed by atoms with Crippen LogP contribution in [0.2, 0.25) is 0 Å². The topological polar surface area (TPSA) is 43.1 Å². The lowest BCUT2D eigenvalue weighted by atomic mass is 9.79. The Labute approximate surface area is 76.8 Å². The Bertz CT molecular complexity index is 376. The van der Waals surface area contributed by atoms with E-state index in [4.69, 9.17) is 0 Å². The van der Waals surface area contributed by atoms with Crippen molar-refractivity contribution in [2.24, 2.45) is 5.73 Å². The lowest BCUT2D eigenvalue weighted by molar-refractivity contribution is 0.0996. The van der Waals surface area contributed by atoms with Gasteiger partial charge in [0.25, 0.3) is 5.91 Å². The largest absolute Gasteiger partial charge is 0.512 e. The summed E-state index contributed by atoms with van der Waals surface area (Å²) in [6.07, 6.45) is 0. The van der Waals surface area contributed by atoms with E-state index in [1.807, 2.05) is 0 Å². The molecule has 0 bridgehead atoms. The molecule has 1 amide bonds. The van der Waals surface area contributed by atoms with Crippen LogP contribution in [0.25, 0.3) is 0 Å². The summed E-state index contributed by atoms with van der Waals surface area (Å²) in [5.41, 5.74) is 2.51. The van der Waals surface area contributed by atoms with Crippen LogP contribution in [0.15, 0.2) is 18.2 Å². The van der Waals surface area contributed by atoms with Crippen LogP contribution in [0.5, 0.6) is 0 Å². The Morgan fingerprint density at radius 2 is 1.86 bits per heavy atom. The van der Waals surface area contributed by atoms with Crippen molar-refractivity contribution < 1.29 is 22.1 Å². The van der Waals surface area contributed by atoms with E-state index < -0.39 is 29.7 Å². The van der Waals surface area contributed by atoms with E-state index in [1.165, 1.54) is 0 Å². The molecule has 7 heteroatoms. The summed E-state index contributed by atoms with van der Waals surface area (Å²) in [4.78, 5) is 10.5. The van der Waals surface area contributed by atoms with Gasteiger partial charge in [-0.1, -0.05) is 17.6 Å². The lowest BCUT2D eigenvalue weighted by Crippen LogP contribution is -2.38. The molecule has 0 radical (unpaired) electrons. The summed E-state index contributed by atoms with van der Waals surface area (Å²) in [7, 11) is 0. The van der Waals surface area contributed by atoms with E-state index >= 15 is 0 Å². The summed E-state index contributed by atoms with van der Waals surface area (Å²) in [5.74, 6) is -2.82. The van der Waals surface area contributed by atoms with E-state index in [9.17, 15) is 22.1 Å². The summed E-state index contributed by atoms with van der Waals surface area (Å²) >= 11 is 0. The fourth-order valence-electron chi connectivity index (χ4n) is 0.993. The van der Waals surface area contributed by atoms with Crippen molar-refractivity contribution >= 4 is 18.3 Å². The molecular weight excluding hydrogens is 201 g/mol. The second kappa shape index (κ2) is 3.32. The van der Waals surface area contributed by atoms with Gasteiger partial charge in [-0.05, 0) is 6.07 Å². The third-order valence-electron chi connectivity index (χ3n) is 1.65. The van der Waals surface area contributed by atoms with Crippen molar-refractivity contribution in [3.8, 4) is 0 Å². The smallest absolute Gasteiger partial charge is 0.445 e. The van der Waals surface area contributed by atoms with Crippen LogP contribution < -0.4 is 11.2 Å². The maximum Gasteiger partial charge on any atom is 0.512 e. The van der Waals surface area contributed by atoms with Crippen molar-refractivity contribution in [1.82, 2.24) is 0 Å². The molecule has 0 aliphatic rings. The van der Waals surface area contributed by atoms with Gasteiger partial charge < -0.3 is 18.7 Å². The third-order valence-corrected chi connectivity index (χ3v) is 1.65. The molecule has 2 N–H and O–H groups in total. The zero-order valence-corrected chi connectivity index (χ0v) is 6.81. The normalized spacial score (nSPS) is 11.4. The fraction of sp³-hybridized carbons (Fsp3) is 0. The molecule has 14 heavy (non-hydrogen) atoms. The van der Waals surface area contributed by atoms with Crippen molar-refractivity contribution in [3.63, 3.8) is 0 Å². The Morgan fingerprint density at radius 3 is 2.29 bits per heavy atom. The number of nitrogens with two attached hydrogens (primary N) is 1. The van der Waals surface area contributed by atoms with Crippen LogP contribution in [0.4, 0.5) is 17.3 Å². The van der Waals surface area contributed by atoms with Crippen molar-refractivity contribution in [2.45, 2.75) is 0 Å². The molecular formula is C7H5BF4NO-. The first kappa shape index (κ1) is 10.6. The van der Waals surface area contributed by atoms with E-state index in [0.717, 1.165) is 12.1 Å². The number of carbonyl (C=O) groups excluding carboxylic acids is 1. The summed E-state index contributed by atoms with van der Waals surface area (Å²) in [6, 6.07) is 2.42. The number of primary amides is 1. The van der Waals surface area contributed by atoms with E-state index in [1.54, 1.807) is 0 Å². The van der Waals surface area contributed by atoms with Gasteiger partial charge in [-0.2, -0.15) is 0 Å². The monoisotopic (exact) mass is 206 g/mol. The number of amides is 1. The fourth-order valence-corrected chi connectivity index (χ4v) is 0.993. The van der Waals surface area contributed by atoms with E-state index in [0.29, 0.717) is 6.07 Å². The molecule has 0 unspecified atom stereocenters. The van der Waals surface area contributed by atoms with Crippen molar-refractivity contribution in [1.29, 1.82) is 0 Å². The molecule has 0 atom stereocenters. The second-order valence-electron chi connectivity index (χ2n) is 2.65. The highest BCUT2D eigenvalue weighted by atomic mass is 19.4. The maximum absolute atomic E-state index is 13.0. The SMILES string of the molecule is NC(=O)c1cccc([B-](F)(F)F)c1F. The molecule has 0 aromatic heterocycles. The molecule has 0 aliphatic heterocycles. The highest BCUT2D eigenvalue weighted by Gasteiger charge is 2.30. The number of halogens is 4. The van der Waals surface area contributed by atoms with Gasteiger partial charge in [-0.3, -0.25) is 4.79 Å². The minimum absolute atomic E-state index is 0.571. The van der Waals surface area contributed by atoms with Crippen molar-refractivity contribution in [3.05, 3.63) is 29.6 Å². The quantitative estimate of drug-likeness (QED) is 0.568. The van der Waals surface area contributed by atoms with E-state index in [-0.39, 0.29) is 0 Å². The minimum Gasteiger partial charge on any atom is -0.445 e. The number of rotatable bonds is 2. The lowest BCUT2D eigenvalue weighted by Gasteiger charge is -2.16. The molecule has 1 rings (SSSR count). The van der Waals surface area contributed by atoms with Crippen LogP contribution in [0.3, 0.4) is 0 Å². The highest BCUT2D eigenvalue weighted by molar-refractivity contribution is 6.73. The number of hydrogen-bond donors (Lipinski definition) is 1. The number of carbonyl (C=O) groups is 1. The van der Waals surface area contributed by atoms with Crippen LogP contribution in [-0.4, -0.2) is 12.9 Å². The molecule has 1 aromatic rings. The standard InChI is InChI=1S/C7H5BF4NO/c9-6-4(7(13)14)2-1-3-5(6)8(10,11)12/h1-3H,(H2,13,14)/q-1. The van der Waals surface area contributed by atoms with Gasteiger partial charge in [-0.25, -0.2) is 4.39 Å². The molecule has 0 heterocycles. The third kappa shape index (κ3) is 1.86. The first-order valence-electron chi connectivity index (χ1n) is 3.62. The zero-order chi connectivity index (χ0) is 10.9. The summed E-state index contributed by atoms with van der Waals surface area (Å²) in [6.45, 7) is -5.46. The van der Waals surface area contributed by atoms with Gasteiger partial charge >= 0.3 is 6.98 Å². The molecule has 0 fully saturated rings. The number of hydrogen-bond acceptors (Lipinski definition) is 1. The first-order chi connectivity index (χ1) is 6.34. The van der Waals surface area contributed by atoms with Crippen LogP contribution in [0.1, 0.15) is 10.4 Å². The average Bonchev–Trinajstić information content (AvgIpc) is 2.01. The first-order valence-corrected chi connectivity index (χ1v) is 3.62. The molecule has 0 spiro atoms.